The van der Waals surface area contributed by atoms with Crippen molar-refractivity contribution in [3.05, 3.63) is 50.6 Å². The molecule has 2 aromatic rings. The fraction of sp³-hybridized carbons (Fsp3) is 0.0833. The highest BCUT2D eigenvalue weighted by atomic mass is 79.9. The molecule has 1 aromatic heterocycles. The van der Waals surface area contributed by atoms with Crippen molar-refractivity contribution >= 4 is 38.9 Å². The number of anilines is 1. The van der Waals surface area contributed by atoms with Crippen molar-refractivity contribution in [2.45, 2.75) is 6.61 Å². The highest BCUT2D eigenvalue weighted by Crippen LogP contribution is 2.23. The topological polar surface area (TPSA) is 52.3 Å². The number of benzene rings is 1. The molecule has 0 saturated heterocycles. The van der Waals surface area contributed by atoms with E-state index in [1.807, 2.05) is 11.4 Å². The average Bonchev–Trinajstić information content (AvgIpc) is 2.72. The molecular formula is C12H10BrNO2S. The molecule has 1 aromatic carbocycles. The van der Waals surface area contributed by atoms with E-state index in [2.05, 4.69) is 15.9 Å². The first-order valence-electron chi connectivity index (χ1n) is 4.91. The number of hydrogen-bond acceptors (Lipinski definition) is 4. The van der Waals surface area contributed by atoms with Gasteiger partial charge in [-0.15, -0.1) is 11.3 Å². The number of carbonyl (C=O) groups is 1. The molecule has 17 heavy (non-hydrogen) atoms. The van der Waals surface area contributed by atoms with Crippen LogP contribution in [0.15, 0.2) is 40.2 Å². The Hall–Kier alpha value is -1.33. The van der Waals surface area contributed by atoms with E-state index in [0.717, 1.165) is 9.35 Å². The van der Waals surface area contributed by atoms with Gasteiger partial charge in [-0.05, 0) is 45.6 Å². The lowest BCUT2D eigenvalue weighted by Gasteiger charge is -2.04. The van der Waals surface area contributed by atoms with Gasteiger partial charge in [-0.25, -0.2) is 4.79 Å². The number of nitrogens with two attached hydrogens (primary N) is 1. The van der Waals surface area contributed by atoms with Gasteiger partial charge in [0.15, 0.2) is 0 Å². The molecule has 88 valence electrons. The van der Waals surface area contributed by atoms with Crippen LogP contribution in [0, 0.1) is 0 Å². The molecule has 0 unspecified atom stereocenters. The van der Waals surface area contributed by atoms with Gasteiger partial charge < -0.3 is 10.5 Å². The summed E-state index contributed by atoms with van der Waals surface area (Å²) in [6.07, 6.45) is 0. The van der Waals surface area contributed by atoms with E-state index in [1.54, 1.807) is 35.6 Å². The summed E-state index contributed by atoms with van der Waals surface area (Å²) in [5.74, 6) is -0.363. The van der Waals surface area contributed by atoms with Crippen molar-refractivity contribution < 1.29 is 9.53 Å². The zero-order valence-electron chi connectivity index (χ0n) is 8.85. The predicted octanol–water partition coefficient (Wildman–Crippen LogP) is 3.45. The average molecular weight is 312 g/mol. The second kappa shape index (κ2) is 5.33. The molecule has 2 rings (SSSR count). The summed E-state index contributed by atoms with van der Waals surface area (Å²) >= 11 is 4.92. The molecule has 3 nitrogen and oxygen atoms in total. The summed E-state index contributed by atoms with van der Waals surface area (Å²) in [5.41, 5.74) is 6.62. The molecule has 0 aliphatic heterocycles. The summed E-state index contributed by atoms with van der Waals surface area (Å²) in [6, 6.07) is 8.67. The molecule has 2 N–H and O–H groups in total. The SMILES string of the molecule is Nc1cccc(C(=O)OCc2sccc2Br)c1. The zero-order valence-corrected chi connectivity index (χ0v) is 11.3. The quantitative estimate of drug-likeness (QED) is 0.697. The zero-order chi connectivity index (χ0) is 12.3. The molecule has 0 fully saturated rings. The van der Waals surface area contributed by atoms with Gasteiger partial charge in [0.25, 0.3) is 0 Å². The maximum Gasteiger partial charge on any atom is 0.338 e. The fourth-order valence-electron chi connectivity index (χ4n) is 1.31. The van der Waals surface area contributed by atoms with Gasteiger partial charge >= 0.3 is 5.97 Å². The first-order valence-corrected chi connectivity index (χ1v) is 6.58. The smallest absolute Gasteiger partial charge is 0.338 e. The molecule has 0 bridgehead atoms. The molecule has 0 radical (unpaired) electrons. The van der Waals surface area contributed by atoms with Gasteiger partial charge in [0.05, 0.1) is 10.4 Å². The maximum atomic E-state index is 11.7. The first-order chi connectivity index (χ1) is 8.16. The van der Waals surface area contributed by atoms with Gasteiger partial charge in [-0.3, -0.25) is 0 Å². The lowest BCUT2D eigenvalue weighted by molar-refractivity contribution is 0.0476. The largest absolute Gasteiger partial charge is 0.456 e. The Labute approximate surface area is 111 Å². The van der Waals surface area contributed by atoms with Crippen LogP contribution in [0.1, 0.15) is 15.2 Å². The van der Waals surface area contributed by atoms with Crippen LogP contribution in [0.4, 0.5) is 5.69 Å². The van der Waals surface area contributed by atoms with Crippen molar-refractivity contribution in [2.75, 3.05) is 5.73 Å². The van der Waals surface area contributed by atoms with Crippen LogP contribution in [0.3, 0.4) is 0 Å². The van der Waals surface area contributed by atoms with E-state index >= 15 is 0 Å². The highest BCUT2D eigenvalue weighted by molar-refractivity contribution is 9.10. The van der Waals surface area contributed by atoms with E-state index in [0.29, 0.717) is 11.3 Å². The van der Waals surface area contributed by atoms with E-state index in [1.165, 1.54) is 0 Å². The Morgan fingerprint density at radius 1 is 1.41 bits per heavy atom. The third-order valence-corrected chi connectivity index (χ3v) is 4.05. The number of carbonyl (C=O) groups excluding carboxylic acids is 1. The summed E-state index contributed by atoms with van der Waals surface area (Å²) in [7, 11) is 0. The second-order valence-corrected chi connectivity index (χ2v) is 5.25. The van der Waals surface area contributed by atoms with Crippen molar-refractivity contribution in [1.29, 1.82) is 0 Å². The predicted molar refractivity (Wildman–Crippen MR) is 72.0 cm³/mol. The van der Waals surface area contributed by atoms with E-state index in [-0.39, 0.29) is 12.6 Å². The van der Waals surface area contributed by atoms with Crippen molar-refractivity contribution in [3.63, 3.8) is 0 Å². The minimum Gasteiger partial charge on any atom is -0.456 e. The molecule has 0 spiro atoms. The van der Waals surface area contributed by atoms with Crippen LogP contribution in [-0.2, 0) is 11.3 Å². The molecule has 5 heteroatoms. The third kappa shape index (κ3) is 3.08. The number of rotatable bonds is 3. The molecule has 0 aliphatic rings. The van der Waals surface area contributed by atoms with E-state index in [4.69, 9.17) is 10.5 Å². The van der Waals surface area contributed by atoms with Crippen LogP contribution in [-0.4, -0.2) is 5.97 Å². The second-order valence-electron chi connectivity index (χ2n) is 3.39. The number of thiophene rings is 1. The minimum atomic E-state index is -0.363. The van der Waals surface area contributed by atoms with E-state index in [9.17, 15) is 4.79 Å². The van der Waals surface area contributed by atoms with Crippen LogP contribution in [0.5, 0.6) is 0 Å². The Morgan fingerprint density at radius 2 is 2.24 bits per heavy atom. The highest BCUT2D eigenvalue weighted by Gasteiger charge is 2.09. The summed E-state index contributed by atoms with van der Waals surface area (Å²) in [4.78, 5) is 12.7. The van der Waals surface area contributed by atoms with Crippen LogP contribution in [0.25, 0.3) is 0 Å². The standard InChI is InChI=1S/C12H10BrNO2S/c13-10-4-5-17-11(10)7-16-12(15)8-2-1-3-9(14)6-8/h1-6H,7,14H2. The third-order valence-electron chi connectivity index (χ3n) is 2.15. The number of ether oxygens (including phenoxy) is 1. The van der Waals surface area contributed by atoms with Crippen LogP contribution < -0.4 is 5.73 Å². The summed E-state index contributed by atoms with van der Waals surface area (Å²) < 4.78 is 6.16. The normalized spacial score (nSPS) is 10.2. The minimum absolute atomic E-state index is 0.270. The monoisotopic (exact) mass is 311 g/mol. The molecule has 0 aliphatic carbocycles. The Kier molecular flexibility index (Phi) is 3.81. The number of nitrogen functional groups attached to an aromatic ring is 1. The van der Waals surface area contributed by atoms with Gasteiger partial charge in [0, 0.05) is 10.2 Å². The van der Waals surface area contributed by atoms with E-state index < -0.39 is 0 Å². The number of esters is 1. The van der Waals surface area contributed by atoms with Gasteiger partial charge in [-0.2, -0.15) is 0 Å². The number of halogens is 1. The Morgan fingerprint density at radius 3 is 2.88 bits per heavy atom. The Balaban J connectivity index is 2.01. The Bertz CT molecular complexity index is 539. The molecular weight excluding hydrogens is 302 g/mol. The van der Waals surface area contributed by atoms with Crippen LogP contribution >= 0.6 is 27.3 Å². The summed E-state index contributed by atoms with van der Waals surface area (Å²) in [6.45, 7) is 0.270. The molecule has 0 amide bonds. The van der Waals surface area contributed by atoms with Crippen molar-refractivity contribution in [1.82, 2.24) is 0 Å². The van der Waals surface area contributed by atoms with Crippen LogP contribution in [0.2, 0.25) is 0 Å². The van der Waals surface area contributed by atoms with Crippen molar-refractivity contribution in [3.8, 4) is 0 Å². The first kappa shape index (κ1) is 12.1. The van der Waals surface area contributed by atoms with Gasteiger partial charge in [0.2, 0.25) is 0 Å². The summed E-state index contributed by atoms with van der Waals surface area (Å²) in [5, 5.41) is 1.94. The van der Waals surface area contributed by atoms with Crippen molar-refractivity contribution in [2.24, 2.45) is 0 Å². The number of hydrogen-bond donors (Lipinski definition) is 1. The fourth-order valence-corrected chi connectivity index (χ4v) is 2.69. The molecule has 0 saturated carbocycles. The lowest BCUT2D eigenvalue weighted by Crippen LogP contribution is -2.05. The van der Waals surface area contributed by atoms with Gasteiger partial charge in [0.1, 0.15) is 6.61 Å². The molecule has 0 atom stereocenters. The lowest BCUT2D eigenvalue weighted by atomic mass is 10.2. The molecule has 1 heterocycles. The maximum absolute atomic E-state index is 11.7. The van der Waals surface area contributed by atoms with Gasteiger partial charge in [-0.1, -0.05) is 6.07 Å².